The fourth-order valence-corrected chi connectivity index (χ4v) is 2.81. The Morgan fingerprint density at radius 2 is 1.04 bits per heavy atom. The standard InChI is InChI=1S/C23H34/c1-11-20(22(5,6)7)14-18-13-19(17(4)16(18)3)15-21(12-2)23(8,9)10/h11-12,14-15H,1-2,13H2,3-10H3/b20-14+,21-15+. The Balaban J connectivity index is 3.22. The molecule has 0 atom stereocenters. The monoisotopic (exact) mass is 310 g/mol. The van der Waals surface area contributed by atoms with E-state index in [1.807, 2.05) is 12.2 Å². The van der Waals surface area contributed by atoms with Gasteiger partial charge in [0.1, 0.15) is 0 Å². The molecule has 126 valence electrons. The van der Waals surface area contributed by atoms with E-state index < -0.39 is 0 Å². The smallest absolute Gasteiger partial charge is 0.00201 e. The molecule has 0 aromatic carbocycles. The molecule has 0 heterocycles. The van der Waals surface area contributed by atoms with E-state index in [2.05, 4.69) is 80.7 Å². The lowest BCUT2D eigenvalue weighted by Gasteiger charge is -2.21. The van der Waals surface area contributed by atoms with Gasteiger partial charge in [-0.05, 0) is 64.5 Å². The molecule has 0 amide bonds. The van der Waals surface area contributed by atoms with Gasteiger partial charge in [0.15, 0.2) is 0 Å². The summed E-state index contributed by atoms with van der Waals surface area (Å²) in [6.07, 6.45) is 9.65. The van der Waals surface area contributed by atoms with Gasteiger partial charge in [-0.15, -0.1) is 0 Å². The lowest BCUT2D eigenvalue weighted by atomic mass is 9.84. The quantitative estimate of drug-likeness (QED) is 0.476. The van der Waals surface area contributed by atoms with Crippen molar-refractivity contribution in [2.45, 2.75) is 61.8 Å². The van der Waals surface area contributed by atoms with Crippen LogP contribution in [-0.2, 0) is 0 Å². The Kier molecular flexibility index (Phi) is 5.85. The third-order valence-corrected chi connectivity index (χ3v) is 4.74. The van der Waals surface area contributed by atoms with Crippen molar-refractivity contribution in [2.24, 2.45) is 10.8 Å². The maximum Gasteiger partial charge on any atom is -0.00201 e. The second kappa shape index (κ2) is 6.91. The molecule has 23 heavy (non-hydrogen) atoms. The molecule has 1 rings (SSSR count). The Hall–Kier alpha value is -1.56. The molecule has 0 unspecified atom stereocenters. The minimum Gasteiger partial charge on any atom is -0.0988 e. The van der Waals surface area contributed by atoms with Gasteiger partial charge in [0.2, 0.25) is 0 Å². The minimum absolute atomic E-state index is 0.124. The van der Waals surface area contributed by atoms with Crippen molar-refractivity contribution in [2.75, 3.05) is 0 Å². The minimum atomic E-state index is 0.124. The molecular weight excluding hydrogens is 276 g/mol. The molecule has 1 aliphatic rings. The lowest BCUT2D eigenvalue weighted by molar-refractivity contribution is 0.516. The van der Waals surface area contributed by atoms with Crippen LogP contribution in [0, 0.1) is 10.8 Å². The molecule has 0 nitrogen and oxygen atoms in total. The van der Waals surface area contributed by atoms with Gasteiger partial charge in [-0.25, -0.2) is 0 Å². The van der Waals surface area contributed by atoms with Crippen molar-refractivity contribution < 1.29 is 0 Å². The third-order valence-electron chi connectivity index (χ3n) is 4.74. The topological polar surface area (TPSA) is 0 Å². The molecule has 0 fully saturated rings. The highest BCUT2D eigenvalue weighted by Gasteiger charge is 2.21. The van der Waals surface area contributed by atoms with Crippen LogP contribution >= 0.6 is 0 Å². The van der Waals surface area contributed by atoms with Crippen LogP contribution < -0.4 is 0 Å². The Morgan fingerprint density at radius 1 is 0.739 bits per heavy atom. The van der Waals surface area contributed by atoms with Crippen LogP contribution in [-0.4, -0.2) is 0 Å². The van der Waals surface area contributed by atoms with E-state index in [1.54, 1.807) is 0 Å². The van der Waals surface area contributed by atoms with E-state index in [4.69, 9.17) is 0 Å². The largest absolute Gasteiger partial charge is 0.0988 e. The van der Waals surface area contributed by atoms with Gasteiger partial charge in [-0.1, -0.05) is 79.0 Å². The summed E-state index contributed by atoms with van der Waals surface area (Å²) >= 11 is 0. The Labute approximate surface area is 144 Å². The molecule has 0 radical (unpaired) electrons. The summed E-state index contributed by atoms with van der Waals surface area (Å²) in [4.78, 5) is 0. The number of allylic oxidation sites excluding steroid dienone is 10. The molecule has 0 aromatic rings. The maximum absolute atomic E-state index is 4.00. The van der Waals surface area contributed by atoms with Crippen LogP contribution in [0.1, 0.15) is 61.8 Å². The van der Waals surface area contributed by atoms with Gasteiger partial charge in [0.25, 0.3) is 0 Å². The molecular formula is C23H34. The second-order valence-electron chi connectivity index (χ2n) is 8.58. The van der Waals surface area contributed by atoms with Crippen LogP contribution in [0.25, 0.3) is 0 Å². The van der Waals surface area contributed by atoms with Crippen LogP contribution in [0.5, 0.6) is 0 Å². The van der Waals surface area contributed by atoms with E-state index in [-0.39, 0.29) is 10.8 Å². The highest BCUT2D eigenvalue weighted by Crippen LogP contribution is 2.38. The molecule has 0 saturated carbocycles. The van der Waals surface area contributed by atoms with Crippen molar-refractivity contribution in [1.82, 2.24) is 0 Å². The third kappa shape index (κ3) is 4.70. The molecule has 0 aliphatic heterocycles. The van der Waals surface area contributed by atoms with Crippen LogP contribution in [0.2, 0.25) is 0 Å². The average molecular weight is 311 g/mol. The van der Waals surface area contributed by atoms with E-state index in [9.17, 15) is 0 Å². The van der Waals surface area contributed by atoms with Crippen LogP contribution in [0.4, 0.5) is 0 Å². The SMILES string of the molecule is C=C/C(=C\C1=C(C)C(C)=C(/C=C(\C=C)C(C)(C)C)C1)C(C)(C)C. The van der Waals surface area contributed by atoms with Gasteiger partial charge >= 0.3 is 0 Å². The summed E-state index contributed by atoms with van der Waals surface area (Å²) in [5.41, 5.74) is 8.47. The zero-order valence-corrected chi connectivity index (χ0v) is 16.4. The van der Waals surface area contributed by atoms with Gasteiger partial charge in [-0.3, -0.25) is 0 Å². The average Bonchev–Trinajstić information content (AvgIpc) is 2.67. The molecule has 0 saturated heterocycles. The fourth-order valence-electron chi connectivity index (χ4n) is 2.81. The predicted molar refractivity (Wildman–Crippen MR) is 105 cm³/mol. The second-order valence-corrected chi connectivity index (χ2v) is 8.58. The zero-order chi connectivity index (χ0) is 18.0. The highest BCUT2D eigenvalue weighted by atomic mass is 14.3. The molecule has 0 aromatic heterocycles. The van der Waals surface area contributed by atoms with E-state index >= 15 is 0 Å². The van der Waals surface area contributed by atoms with E-state index in [0.717, 1.165) is 6.42 Å². The van der Waals surface area contributed by atoms with E-state index in [1.165, 1.54) is 33.4 Å². The van der Waals surface area contributed by atoms with E-state index in [0.29, 0.717) is 0 Å². The summed E-state index contributed by atoms with van der Waals surface area (Å²) in [6, 6.07) is 0. The number of rotatable bonds is 4. The molecule has 0 spiro atoms. The van der Waals surface area contributed by atoms with Crippen molar-refractivity contribution >= 4 is 0 Å². The highest BCUT2D eigenvalue weighted by molar-refractivity contribution is 5.55. The van der Waals surface area contributed by atoms with Gasteiger partial charge < -0.3 is 0 Å². The zero-order valence-electron chi connectivity index (χ0n) is 16.4. The van der Waals surface area contributed by atoms with Crippen molar-refractivity contribution in [3.63, 3.8) is 0 Å². The molecule has 1 aliphatic carbocycles. The van der Waals surface area contributed by atoms with Gasteiger partial charge in [0, 0.05) is 0 Å². The van der Waals surface area contributed by atoms with Crippen LogP contribution in [0.15, 0.2) is 70.9 Å². The molecule has 0 N–H and O–H groups in total. The Bertz CT molecular complexity index is 558. The lowest BCUT2D eigenvalue weighted by Crippen LogP contribution is -2.08. The van der Waals surface area contributed by atoms with Gasteiger partial charge in [0.05, 0.1) is 0 Å². The molecule has 0 bridgehead atoms. The predicted octanol–water partition coefficient (Wildman–Crippen LogP) is 7.34. The van der Waals surface area contributed by atoms with Crippen LogP contribution in [0.3, 0.4) is 0 Å². The normalized spacial score (nSPS) is 17.9. The summed E-state index contributed by atoms with van der Waals surface area (Å²) in [5.74, 6) is 0. The van der Waals surface area contributed by atoms with Crippen molar-refractivity contribution in [3.05, 3.63) is 70.9 Å². The van der Waals surface area contributed by atoms with Gasteiger partial charge in [-0.2, -0.15) is 0 Å². The fraction of sp³-hybridized carbons (Fsp3) is 0.478. The van der Waals surface area contributed by atoms with Crippen molar-refractivity contribution in [3.8, 4) is 0 Å². The first-order valence-corrected chi connectivity index (χ1v) is 8.51. The summed E-state index contributed by atoms with van der Waals surface area (Å²) in [7, 11) is 0. The maximum atomic E-state index is 4.00. The van der Waals surface area contributed by atoms with Crippen molar-refractivity contribution in [1.29, 1.82) is 0 Å². The number of hydrogen-bond acceptors (Lipinski definition) is 0. The Morgan fingerprint density at radius 3 is 1.26 bits per heavy atom. The first-order chi connectivity index (χ1) is 10.4. The summed E-state index contributed by atoms with van der Waals surface area (Å²) in [5, 5.41) is 0. The number of hydrogen-bond donors (Lipinski definition) is 0. The molecule has 0 heteroatoms. The summed E-state index contributed by atoms with van der Waals surface area (Å²) in [6.45, 7) is 25.9. The first kappa shape index (κ1) is 19.5. The first-order valence-electron chi connectivity index (χ1n) is 8.51. The summed E-state index contributed by atoms with van der Waals surface area (Å²) < 4.78 is 0.